The first kappa shape index (κ1) is 14.7. The number of imidazole rings is 1. The highest BCUT2D eigenvalue weighted by molar-refractivity contribution is 7.10. The molecule has 0 amide bonds. The van der Waals surface area contributed by atoms with Crippen molar-refractivity contribution < 1.29 is 4.74 Å². The molecule has 21 heavy (non-hydrogen) atoms. The summed E-state index contributed by atoms with van der Waals surface area (Å²) in [6.45, 7) is 5.54. The molecule has 1 atom stereocenters. The summed E-state index contributed by atoms with van der Waals surface area (Å²) in [6.07, 6.45) is 3.68. The van der Waals surface area contributed by atoms with Crippen molar-refractivity contribution in [1.29, 1.82) is 0 Å². The van der Waals surface area contributed by atoms with Gasteiger partial charge in [0.05, 0.1) is 25.8 Å². The zero-order chi connectivity index (χ0) is 14.5. The molecular formula is C15H22N4OS. The van der Waals surface area contributed by atoms with Crippen LogP contribution in [0.3, 0.4) is 0 Å². The standard InChI is InChI=1S/C15H22N4OS/c1-18(12-15-16-4-5-17-15)11-13(14-3-2-10-21-14)19-6-8-20-9-7-19/h2-5,10,13H,6-9,11-12H2,1H3,(H,16,17)/t13-/m1/s1. The van der Waals surface area contributed by atoms with Crippen molar-refractivity contribution in [1.82, 2.24) is 19.8 Å². The molecule has 0 bridgehead atoms. The largest absolute Gasteiger partial charge is 0.379 e. The SMILES string of the molecule is CN(Cc1ncc[nH]1)C[C@H](c1cccs1)N1CCOCC1. The number of aromatic nitrogens is 2. The number of rotatable bonds is 6. The highest BCUT2D eigenvalue weighted by Gasteiger charge is 2.24. The second-order valence-corrected chi connectivity index (χ2v) is 6.39. The Balaban J connectivity index is 1.66. The molecule has 1 aliphatic heterocycles. The summed E-state index contributed by atoms with van der Waals surface area (Å²) in [4.78, 5) is 13.8. The van der Waals surface area contributed by atoms with Crippen molar-refractivity contribution in [3.8, 4) is 0 Å². The molecule has 6 heteroatoms. The summed E-state index contributed by atoms with van der Waals surface area (Å²) < 4.78 is 5.49. The topological polar surface area (TPSA) is 44.4 Å². The molecule has 3 heterocycles. The van der Waals surface area contributed by atoms with E-state index in [1.165, 1.54) is 4.88 Å². The lowest BCUT2D eigenvalue weighted by atomic mass is 10.1. The van der Waals surface area contributed by atoms with Gasteiger partial charge in [-0.05, 0) is 18.5 Å². The number of H-pyrrole nitrogens is 1. The Morgan fingerprint density at radius 1 is 1.48 bits per heavy atom. The second-order valence-electron chi connectivity index (χ2n) is 5.41. The first-order valence-electron chi connectivity index (χ1n) is 7.35. The Hall–Kier alpha value is -1.21. The minimum Gasteiger partial charge on any atom is -0.379 e. The van der Waals surface area contributed by atoms with E-state index in [0.29, 0.717) is 6.04 Å². The number of nitrogens with zero attached hydrogens (tertiary/aromatic N) is 3. The van der Waals surface area contributed by atoms with Gasteiger partial charge in [0, 0.05) is 36.9 Å². The van der Waals surface area contributed by atoms with Crippen LogP contribution in [0.15, 0.2) is 29.9 Å². The monoisotopic (exact) mass is 306 g/mol. The third-order valence-corrected chi connectivity index (χ3v) is 4.79. The van der Waals surface area contributed by atoms with Gasteiger partial charge in [-0.1, -0.05) is 6.07 Å². The maximum absolute atomic E-state index is 5.49. The Labute approximate surface area is 129 Å². The number of hydrogen-bond donors (Lipinski definition) is 1. The second kappa shape index (κ2) is 7.17. The van der Waals surface area contributed by atoms with Gasteiger partial charge in [0.2, 0.25) is 0 Å². The molecule has 2 aromatic heterocycles. The predicted molar refractivity (Wildman–Crippen MR) is 84.4 cm³/mol. The molecule has 0 unspecified atom stereocenters. The molecule has 0 saturated carbocycles. The lowest BCUT2D eigenvalue weighted by Gasteiger charge is -2.36. The zero-order valence-corrected chi connectivity index (χ0v) is 13.2. The number of thiophene rings is 1. The van der Waals surface area contributed by atoms with Crippen LogP contribution in [0.25, 0.3) is 0 Å². The Bertz CT molecular complexity index is 508. The summed E-state index contributed by atoms with van der Waals surface area (Å²) in [6, 6.07) is 4.82. The van der Waals surface area contributed by atoms with E-state index in [0.717, 1.165) is 45.2 Å². The minimum atomic E-state index is 0.439. The summed E-state index contributed by atoms with van der Waals surface area (Å²) in [7, 11) is 2.16. The van der Waals surface area contributed by atoms with Crippen LogP contribution in [0.1, 0.15) is 16.7 Å². The van der Waals surface area contributed by atoms with Gasteiger partial charge in [-0.25, -0.2) is 4.98 Å². The van der Waals surface area contributed by atoms with Crippen LogP contribution >= 0.6 is 11.3 Å². The van der Waals surface area contributed by atoms with E-state index in [1.54, 1.807) is 0 Å². The van der Waals surface area contributed by atoms with E-state index >= 15 is 0 Å². The molecule has 3 rings (SSSR count). The van der Waals surface area contributed by atoms with Gasteiger partial charge in [0.25, 0.3) is 0 Å². The molecule has 1 saturated heterocycles. The van der Waals surface area contributed by atoms with E-state index in [9.17, 15) is 0 Å². The van der Waals surface area contributed by atoms with Crippen molar-refractivity contribution >= 4 is 11.3 Å². The highest BCUT2D eigenvalue weighted by atomic mass is 32.1. The Morgan fingerprint density at radius 2 is 2.33 bits per heavy atom. The first-order chi connectivity index (χ1) is 10.3. The van der Waals surface area contributed by atoms with E-state index in [2.05, 4.69) is 44.3 Å². The third kappa shape index (κ3) is 3.91. The van der Waals surface area contributed by atoms with Crippen LogP contribution in [0.5, 0.6) is 0 Å². The van der Waals surface area contributed by atoms with Crippen LogP contribution in [-0.2, 0) is 11.3 Å². The van der Waals surface area contributed by atoms with Crippen molar-refractivity contribution in [2.75, 3.05) is 39.9 Å². The average Bonchev–Trinajstić information content (AvgIpc) is 3.19. The number of morpholine rings is 1. The lowest BCUT2D eigenvalue weighted by molar-refractivity contribution is 0.00951. The molecule has 1 fully saturated rings. The first-order valence-corrected chi connectivity index (χ1v) is 8.23. The van der Waals surface area contributed by atoms with E-state index in [-0.39, 0.29) is 0 Å². The number of hydrogen-bond acceptors (Lipinski definition) is 5. The van der Waals surface area contributed by atoms with Crippen LogP contribution in [0.2, 0.25) is 0 Å². The van der Waals surface area contributed by atoms with Crippen molar-refractivity contribution in [3.05, 3.63) is 40.6 Å². The molecule has 1 aliphatic rings. The van der Waals surface area contributed by atoms with Gasteiger partial charge < -0.3 is 9.72 Å². The molecule has 1 N–H and O–H groups in total. The summed E-state index contributed by atoms with van der Waals surface area (Å²) in [5.74, 6) is 1.02. The summed E-state index contributed by atoms with van der Waals surface area (Å²) in [5, 5.41) is 2.16. The number of aromatic amines is 1. The fourth-order valence-electron chi connectivity index (χ4n) is 2.76. The number of ether oxygens (including phenoxy) is 1. The van der Waals surface area contributed by atoms with Crippen molar-refractivity contribution in [3.63, 3.8) is 0 Å². The number of likely N-dealkylation sites (N-methyl/N-ethyl adjacent to an activating group) is 1. The van der Waals surface area contributed by atoms with Gasteiger partial charge in [0.1, 0.15) is 5.82 Å². The third-order valence-electron chi connectivity index (χ3n) is 3.82. The maximum atomic E-state index is 5.49. The smallest absolute Gasteiger partial charge is 0.120 e. The highest BCUT2D eigenvalue weighted by Crippen LogP contribution is 2.26. The van der Waals surface area contributed by atoms with Gasteiger partial charge in [-0.2, -0.15) is 0 Å². The van der Waals surface area contributed by atoms with Gasteiger partial charge in [0.15, 0.2) is 0 Å². The minimum absolute atomic E-state index is 0.439. The molecule has 114 valence electrons. The van der Waals surface area contributed by atoms with Gasteiger partial charge in [-0.15, -0.1) is 11.3 Å². The van der Waals surface area contributed by atoms with Crippen LogP contribution in [0, 0.1) is 0 Å². The predicted octanol–water partition coefficient (Wildman–Crippen LogP) is 1.98. The Kier molecular flexibility index (Phi) is 5.03. The molecule has 2 aromatic rings. The van der Waals surface area contributed by atoms with Crippen LogP contribution in [0.4, 0.5) is 0 Å². The fourth-order valence-corrected chi connectivity index (χ4v) is 3.61. The average molecular weight is 306 g/mol. The summed E-state index contributed by atoms with van der Waals surface area (Å²) in [5.41, 5.74) is 0. The van der Waals surface area contributed by atoms with Crippen molar-refractivity contribution in [2.45, 2.75) is 12.6 Å². The zero-order valence-electron chi connectivity index (χ0n) is 12.4. The fraction of sp³-hybridized carbons (Fsp3) is 0.533. The summed E-state index contributed by atoms with van der Waals surface area (Å²) >= 11 is 1.84. The van der Waals surface area contributed by atoms with Gasteiger partial charge in [-0.3, -0.25) is 9.80 Å². The van der Waals surface area contributed by atoms with E-state index in [1.807, 2.05) is 23.7 Å². The number of nitrogens with one attached hydrogen (secondary N) is 1. The van der Waals surface area contributed by atoms with E-state index in [4.69, 9.17) is 4.74 Å². The molecule has 5 nitrogen and oxygen atoms in total. The lowest BCUT2D eigenvalue weighted by Crippen LogP contribution is -2.42. The molecule has 0 spiro atoms. The van der Waals surface area contributed by atoms with Crippen molar-refractivity contribution in [2.24, 2.45) is 0 Å². The van der Waals surface area contributed by atoms with Crippen LogP contribution < -0.4 is 0 Å². The van der Waals surface area contributed by atoms with Gasteiger partial charge >= 0.3 is 0 Å². The normalized spacial score (nSPS) is 18.2. The molecule has 0 radical (unpaired) electrons. The van der Waals surface area contributed by atoms with E-state index < -0.39 is 0 Å². The maximum Gasteiger partial charge on any atom is 0.120 e. The Morgan fingerprint density at radius 3 is 3.00 bits per heavy atom. The molecular weight excluding hydrogens is 284 g/mol. The molecule has 0 aliphatic carbocycles. The quantitative estimate of drug-likeness (QED) is 0.886. The molecule has 0 aromatic carbocycles. The van der Waals surface area contributed by atoms with Crippen LogP contribution in [-0.4, -0.2) is 59.7 Å².